The lowest BCUT2D eigenvalue weighted by molar-refractivity contribution is 0.763. The second-order valence-corrected chi connectivity index (χ2v) is 4.52. The van der Waals surface area contributed by atoms with Gasteiger partial charge < -0.3 is 5.32 Å². The average molecular weight is 278 g/mol. The van der Waals surface area contributed by atoms with E-state index in [4.69, 9.17) is 11.6 Å². The van der Waals surface area contributed by atoms with Gasteiger partial charge in [0.15, 0.2) is 0 Å². The molecular weight excluding hydrogens is 263 g/mol. The zero-order valence-corrected chi connectivity index (χ0v) is 10.7. The van der Waals surface area contributed by atoms with E-state index in [1.54, 1.807) is 0 Å². The van der Waals surface area contributed by atoms with Crippen LogP contribution in [-0.2, 0) is 0 Å². The number of alkyl halides is 1. The quantitative estimate of drug-likeness (QED) is 0.851. The summed E-state index contributed by atoms with van der Waals surface area (Å²) in [5, 5.41) is 3.29. The number of aromatic nitrogens is 1. The standard InChI is InChI=1S/C10H14BrClN2/c1-7(5-6-12)13-10-4-3-9(11)8(2)14-10/h3-4,7H,5-6H2,1-2H3,(H,13,14). The number of halogens is 2. The molecule has 1 unspecified atom stereocenters. The van der Waals surface area contributed by atoms with Crippen LogP contribution < -0.4 is 5.32 Å². The van der Waals surface area contributed by atoms with Gasteiger partial charge in [-0.1, -0.05) is 0 Å². The summed E-state index contributed by atoms with van der Waals surface area (Å²) >= 11 is 9.07. The first-order valence-electron chi connectivity index (χ1n) is 4.59. The maximum absolute atomic E-state index is 5.65. The molecule has 0 fully saturated rings. The van der Waals surface area contributed by atoms with Crippen molar-refractivity contribution in [1.29, 1.82) is 0 Å². The zero-order chi connectivity index (χ0) is 10.6. The zero-order valence-electron chi connectivity index (χ0n) is 8.35. The molecule has 1 N–H and O–H groups in total. The van der Waals surface area contributed by atoms with Gasteiger partial charge in [-0.2, -0.15) is 0 Å². The van der Waals surface area contributed by atoms with Crippen LogP contribution in [0.25, 0.3) is 0 Å². The van der Waals surface area contributed by atoms with E-state index in [2.05, 4.69) is 33.2 Å². The van der Waals surface area contributed by atoms with Gasteiger partial charge in [0.05, 0.1) is 5.69 Å². The van der Waals surface area contributed by atoms with Crippen molar-refractivity contribution in [2.45, 2.75) is 26.3 Å². The van der Waals surface area contributed by atoms with Gasteiger partial charge in [-0.25, -0.2) is 4.98 Å². The van der Waals surface area contributed by atoms with Gasteiger partial charge in [0, 0.05) is 16.4 Å². The maximum atomic E-state index is 5.65. The molecule has 1 aromatic heterocycles. The van der Waals surface area contributed by atoms with Crippen LogP contribution in [0, 0.1) is 6.92 Å². The van der Waals surface area contributed by atoms with Gasteiger partial charge in [0.2, 0.25) is 0 Å². The Kier molecular flexibility index (Phi) is 4.69. The Morgan fingerprint density at radius 2 is 2.29 bits per heavy atom. The second-order valence-electron chi connectivity index (χ2n) is 3.29. The molecule has 0 aliphatic heterocycles. The minimum Gasteiger partial charge on any atom is -0.368 e. The molecule has 0 amide bonds. The van der Waals surface area contributed by atoms with Crippen LogP contribution >= 0.6 is 27.5 Å². The molecule has 1 aromatic rings. The van der Waals surface area contributed by atoms with Crippen molar-refractivity contribution < 1.29 is 0 Å². The second kappa shape index (κ2) is 5.56. The van der Waals surface area contributed by atoms with Crippen molar-refractivity contribution in [3.63, 3.8) is 0 Å². The summed E-state index contributed by atoms with van der Waals surface area (Å²) < 4.78 is 1.04. The Morgan fingerprint density at radius 1 is 1.57 bits per heavy atom. The lowest BCUT2D eigenvalue weighted by atomic mass is 10.2. The Labute approximate surface area is 98.2 Å². The normalized spacial score (nSPS) is 12.6. The number of hydrogen-bond donors (Lipinski definition) is 1. The number of nitrogens with one attached hydrogen (secondary N) is 1. The van der Waals surface area contributed by atoms with E-state index in [0.717, 1.165) is 22.4 Å². The van der Waals surface area contributed by atoms with Gasteiger partial charge in [-0.05, 0) is 48.3 Å². The monoisotopic (exact) mass is 276 g/mol. The summed E-state index contributed by atoms with van der Waals surface area (Å²) in [6.45, 7) is 4.07. The van der Waals surface area contributed by atoms with E-state index < -0.39 is 0 Å². The van der Waals surface area contributed by atoms with Crippen molar-refractivity contribution in [2.24, 2.45) is 0 Å². The topological polar surface area (TPSA) is 24.9 Å². The van der Waals surface area contributed by atoms with Crippen molar-refractivity contribution in [1.82, 2.24) is 4.98 Å². The molecule has 2 nitrogen and oxygen atoms in total. The van der Waals surface area contributed by atoms with E-state index in [9.17, 15) is 0 Å². The lowest BCUT2D eigenvalue weighted by Gasteiger charge is -2.13. The fraction of sp³-hybridized carbons (Fsp3) is 0.500. The van der Waals surface area contributed by atoms with Crippen LogP contribution in [-0.4, -0.2) is 16.9 Å². The largest absolute Gasteiger partial charge is 0.368 e. The molecule has 14 heavy (non-hydrogen) atoms. The highest BCUT2D eigenvalue weighted by atomic mass is 79.9. The Morgan fingerprint density at radius 3 is 2.86 bits per heavy atom. The van der Waals surface area contributed by atoms with E-state index in [-0.39, 0.29) is 0 Å². The van der Waals surface area contributed by atoms with Crippen LogP contribution in [0.15, 0.2) is 16.6 Å². The summed E-state index contributed by atoms with van der Waals surface area (Å²) in [7, 11) is 0. The number of pyridine rings is 1. The number of rotatable bonds is 4. The van der Waals surface area contributed by atoms with E-state index in [1.165, 1.54) is 0 Å². The summed E-state index contributed by atoms with van der Waals surface area (Å²) in [6.07, 6.45) is 0.943. The van der Waals surface area contributed by atoms with Gasteiger partial charge >= 0.3 is 0 Å². The predicted octanol–water partition coefficient (Wildman–Crippen LogP) is 3.58. The Hall–Kier alpha value is -0.280. The highest BCUT2D eigenvalue weighted by molar-refractivity contribution is 9.10. The molecule has 0 saturated heterocycles. The summed E-state index contributed by atoms with van der Waals surface area (Å²) in [4.78, 5) is 4.39. The van der Waals surface area contributed by atoms with Crippen LogP contribution in [0.3, 0.4) is 0 Å². The van der Waals surface area contributed by atoms with E-state index >= 15 is 0 Å². The average Bonchev–Trinajstić information content (AvgIpc) is 2.12. The molecule has 0 radical (unpaired) electrons. The molecule has 1 atom stereocenters. The molecule has 0 saturated carbocycles. The fourth-order valence-corrected chi connectivity index (χ4v) is 1.66. The molecule has 0 spiro atoms. The summed E-state index contributed by atoms with van der Waals surface area (Å²) in [5.74, 6) is 1.58. The third kappa shape index (κ3) is 3.46. The van der Waals surface area contributed by atoms with Crippen molar-refractivity contribution in [3.05, 3.63) is 22.3 Å². The van der Waals surface area contributed by atoms with Crippen LogP contribution in [0.2, 0.25) is 0 Å². The van der Waals surface area contributed by atoms with E-state index in [1.807, 2.05) is 19.1 Å². The molecule has 78 valence electrons. The molecule has 0 aromatic carbocycles. The fourth-order valence-electron chi connectivity index (χ4n) is 1.11. The van der Waals surface area contributed by atoms with E-state index in [0.29, 0.717) is 11.9 Å². The number of aryl methyl sites for hydroxylation is 1. The van der Waals surface area contributed by atoms with Crippen molar-refractivity contribution in [3.8, 4) is 0 Å². The van der Waals surface area contributed by atoms with Gasteiger partial charge in [0.1, 0.15) is 5.82 Å². The molecule has 0 bridgehead atoms. The van der Waals surface area contributed by atoms with Crippen LogP contribution in [0.5, 0.6) is 0 Å². The summed E-state index contributed by atoms with van der Waals surface area (Å²) in [5.41, 5.74) is 0.994. The third-order valence-electron chi connectivity index (χ3n) is 1.96. The van der Waals surface area contributed by atoms with Gasteiger partial charge in [-0.15, -0.1) is 11.6 Å². The van der Waals surface area contributed by atoms with Crippen LogP contribution in [0.4, 0.5) is 5.82 Å². The Balaban J connectivity index is 2.63. The minimum absolute atomic E-state index is 0.362. The third-order valence-corrected chi connectivity index (χ3v) is 3.01. The molecular formula is C10H14BrClN2. The van der Waals surface area contributed by atoms with Crippen molar-refractivity contribution in [2.75, 3.05) is 11.2 Å². The lowest BCUT2D eigenvalue weighted by Crippen LogP contribution is -2.16. The van der Waals surface area contributed by atoms with Gasteiger partial charge in [-0.3, -0.25) is 0 Å². The number of nitrogens with zero attached hydrogens (tertiary/aromatic N) is 1. The molecule has 1 heterocycles. The van der Waals surface area contributed by atoms with Crippen molar-refractivity contribution >= 4 is 33.3 Å². The summed E-state index contributed by atoms with van der Waals surface area (Å²) in [6, 6.07) is 4.32. The smallest absolute Gasteiger partial charge is 0.126 e. The molecule has 1 rings (SSSR count). The number of hydrogen-bond acceptors (Lipinski definition) is 2. The highest BCUT2D eigenvalue weighted by Crippen LogP contribution is 2.16. The van der Waals surface area contributed by atoms with Crippen LogP contribution in [0.1, 0.15) is 19.0 Å². The molecule has 0 aliphatic rings. The first-order chi connectivity index (χ1) is 6.63. The number of anilines is 1. The predicted molar refractivity (Wildman–Crippen MR) is 65.1 cm³/mol. The first-order valence-corrected chi connectivity index (χ1v) is 5.92. The van der Waals surface area contributed by atoms with Gasteiger partial charge in [0.25, 0.3) is 0 Å². The maximum Gasteiger partial charge on any atom is 0.126 e. The SMILES string of the molecule is Cc1nc(NC(C)CCCl)ccc1Br. The first kappa shape index (κ1) is 11.8. The Bertz CT molecular complexity index is 304. The highest BCUT2D eigenvalue weighted by Gasteiger charge is 2.03. The minimum atomic E-state index is 0.362. The molecule has 4 heteroatoms. The molecule has 0 aliphatic carbocycles.